The average Bonchev–Trinajstić information content (AvgIpc) is 2.93. The number of hydrogen-bond acceptors (Lipinski definition) is 3. The standard InChI is InChI=1S/C14H16N2O3/c17-13(9-3-1-2-4-9)15-11-5-6-12-10(7-11)8-19-14(18)16-12/h5-7,9H,1-4,8H2,(H,15,17)(H,16,18). The Hall–Kier alpha value is -2.04. The molecule has 1 fully saturated rings. The molecule has 0 atom stereocenters. The second kappa shape index (κ2) is 4.91. The number of anilines is 2. The van der Waals surface area contributed by atoms with E-state index in [-0.39, 0.29) is 18.4 Å². The van der Waals surface area contributed by atoms with Crippen molar-refractivity contribution < 1.29 is 14.3 Å². The van der Waals surface area contributed by atoms with E-state index in [1.165, 1.54) is 0 Å². The first-order chi connectivity index (χ1) is 9.22. The van der Waals surface area contributed by atoms with E-state index < -0.39 is 6.09 Å². The maximum atomic E-state index is 12.0. The summed E-state index contributed by atoms with van der Waals surface area (Å²) in [6, 6.07) is 5.44. The molecule has 1 aromatic rings. The third kappa shape index (κ3) is 2.54. The number of nitrogens with one attached hydrogen (secondary N) is 2. The van der Waals surface area contributed by atoms with Crippen LogP contribution < -0.4 is 10.6 Å². The van der Waals surface area contributed by atoms with Crippen LogP contribution in [0, 0.1) is 5.92 Å². The molecule has 0 aromatic heterocycles. The number of cyclic esters (lactones) is 1. The van der Waals surface area contributed by atoms with Gasteiger partial charge in [0, 0.05) is 17.2 Å². The Morgan fingerprint density at radius 2 is 2.11 bits per heavy atom. The fraction of sp³-hybridized carbons (Fsp3) is 0.429. The third-order valence-corrected chi connectivity index (χ3v) is 3.69. The molecular weight excluding hydrogens is 244 g/mol. The topological polar surface area (TPSA) is 67.4 Å². The van der Waals surface area contributed by atoms with Crippen molar-refractivity contribution >= 4 is 23.4 Å². The second-order valence-electron chi connectivity index (χ2n) is 5.04. The van der Waals surface area contributed by atoms with Gasteiger partial charge in [0.2, 0.25) is 5.91 Å². The number of fused-ring (bicyclic) bond motifs is 1. The van der Waals surface area contributed by atoms with Crippen LogP contribution >= 0.6 is 0 Å². The summed E-state index contributed by atoms with van der Waals surface area (Å²) in [6.07, 6.45) is 3.81. The molecule has 1 aliphatic carbocycles. The van der Waals surface area contributed by atoms with Gasteiger partial charge in [-0.2, -0.15) is 0 Å². The van der Waals surface area contributed by atoms with Crippen molar-refractivity contribution in [1.29, 1.82) is 0 Å². The maximum Gasteiger partial charge on any atom is 0.411 e. The van der Waals surface area contributed by atoms with E-state index in [0.29, 0.717) is 0 Å². The van der Waals surface area contributed by atoms with Crippen molar-refractivity contribution in [2.45, 2.75) is 32.3 Å². The van der Waals surface area contributed by atoms with E-state index in [0.717, 1.165) is 42.6 Å². The van der Waals surface area contributed by atoms with Crippen molar-refractivity contribution in [3.63, 3.8) is 0 Å². The normalized spacial score (nSPS) is 18.4. The highest BCUT2D eigenvalue weighted by molar-refractivity contribution is 5.94. The van der Waals surface area contributed by atoms with Gasteiger partial charge >= 0.3 is 6.09 Å². The molecule has 1 aliphatic heterocycles. The molecule has 19 heavy (non-hydrogen) atoms. The van der Waals surface area contributed by atoms with Gasteiger partial charge in [-0.15, -0.1) is 0 Å². The number of carbonyl (C=O) groups excluding carboxylic acids is 2. The van der Waals surface area contributed by atoms with Crippen LogP contribution in [0.4, 0.5) is 16.2 Å². The van der Waals surface area contributed by atoms with E-state index in [1.54, 1.807) is 12.1 Å². The fourth-order valence-electron chi connectivity index (χ4n) is 2.63. The van der Waals surface area contributed by atoms with Crippen LogP contribution in [0.25, 0.3) is 0 Å². The predicted octanol–water partition coefficient (Wildman–Crippen LogP) is 2.88. The minimum absolute atomic E-state index is 0.0956. The van der Waals surface area contributed by atoms with E-state index in [1.807, 2.05) is 6.07 Å². The van der Waals surface area contributed by atoms with Gasteiger partial charge in [-0.05, 0) is 31.0 Å². The molecule has 0 saturated heterocycles. The summed E-state index contributed by atoms with van der Waals surface area (Å²) in [5, 5.41) is 5.56. The zero-order valence-corrected chi connectivity index (χ0v) is 10.6. The van der Waals surface area contributed by atoms with Crippen molar-refractivity contribution in [2.75, 3.05) is 10.6 Å². The van der Waals surface area contributed by atoms with Crippen molar-refractivity contribution in [1.82, 2.24) is 0 Å². The van der Waals surface area contributed by atoms with Crippen LogP contribution in [-0.4, -0.2) is 12.0 Å². The first-order valence-corrected chi connectivity index (χ1v) is 6.60. The highest BCUT2D eigenvalue weighted by Crippen LogP contribution is 2.28. The van der Waals surface area contributed by atoms with Gasteiger partial charge in [0.15, 0.2) is 0 Å². The van der Waals surface area contributed by atoms with Crippen LogP contribution in [0.15, 0.2) is 18.2 Å². The monoisotopic (exact) mass is 260 g/mol. The molecule has 3 rings (SSSR count). The Morgan fingerprint density at radius 1 is 1.32 bits per heavy atom. The van der Waals surface area contributed by atoms with Crippen LogP contribution in [-0.2, 0) is 16.1 Å². The highest BCUT2D eigenvalue weighted by Gasteiger charge is 2.23. The predicted molar refractivity (Wildman–Crippen MR) is 70.8 cm³/mol. The smallest absolute Gasteiger partial charge is 0.411 e. The fourth-order valence-corrected chi connectivity index (χ4v) is 2.63. The minimum Gasteiger partial charge on any atom is -0.444 e. The van der Waals surface area contributed by atoms with Gasteiger partial charge in [-0.3, -0.25) is 10.1 Å². The molecule has 5 heteroatoms. The Morgan fingerprint density at radius 3 is 2.89 bits per heavy atom. The molecule has 5 nitrogen and oxygen atoms in total. The Kier molecular flexibility index (Phi) is 3.11. The molecular formula is C14H16N2O3. The van der Waals surface area contributed by atoms with Crippen molar-refractivity contribution in [3.05, 3.63) is 23.8 Å². The number of rotatable bonds is 2. The van der Waals surface area contributed by atoms with Gasteiger partial charge in [0.1, 0.15) is 6.61 Å². The van der Waals surface area contributed by atoms with Crippen molar-refractivity contribution in [3.8, 4) is 0 Å². The zero-order chi connectivity index (χ0) is 13.2. The largest absolute Gasteiger partial charge is 0.444 e. The summed E-state index contributed by atoms with van der Waals surface area (Å²) >= 11 is 0. The van der Waals surface area contributed by atoms with Crippen LogP contribution in [0.1, 0.15) is 31.2 Å². The van der Waals surface area contributed by atoms with Crippen LogP contribution in [0.2, 0.25) is 0 Å². The lowest BCUT2D eigenvalue weighted by atomic mass is 10.1. The Balaban J connectivity index is 1.71. The third-order valence-electron chi connectivity index (χ3n) is 3.69. The van der Waals surface area contributed by atoms with E-state index in [9.17, 15) is 9.59 Å². The number of amides is 2. The van der Waals surface area contributed by atoms with Gasteiger partial charge in [0.05, 0.1) is 5.69 Å². The van der Waals surface area contributed by atoms with Crippen molar-refractivity contribution in [2.24, 2.45) is 5.92 Å². The number of hydrogen-bond donors (Lipinski definition) is 2. The Labute approximate surface area is 111 Å². The number of benzene rings is 1. The lowest BCUT2D eigenvalue weighted by Crippen LogP contribution is -2.22. The molecule has 0 radical (unpaired) electrons. The minimum atomic E-state index is -0.435. The molecule has 0 spiro atoms. The molecule has 2 amide bonds. The van der Waals surface area contributed by atoms with E-state index in [2.05, 4.69) is 10.6 Å². The molecule has 2 N–H and O–H groups in total. The summed E-state index contributed by atoms with van der Waals surface area (Å²) in [6.45, 7) is 0.244. The SMILES string of the molecule is O=C1Nc2ccc(NC(=O)C3CCCC3)cc2CO1. The molecule has 1 heterocycles. The maximum absolute atomic E-state index is 12.0. The van der Waals surface area contributed by atoms with Gasteiger partial charge in [-0.25, -0.2) is 4.79 Å². The summed E-state index contributed by atoms with van der Waals surface area (Å²) in [4.78, 5) is 23.1. The first-order valence-electron chi connectivity index (χ1n) is 6.60. The van der Waals surface area contributed by atoms with Crippen LogP contribution in [0.3, 0.4) is 0 Å². The molecule has 0 unspecified atom stereocenters. The Bertz CT molecular complexity index is 521. The molecule has 1 saturated carbocycles. The first kappa shape index (κ1) is 12.0. The summed E-state index contributed by atoms with van der Waals surface area (Å²) in [7, 11) is 0. The second-order valence-corrected chi connectivity index (χ2v) is 5.04. The molecule has 100 valence electrons. The van der Waals surface area contributed by atoms with E-state index in [4.69, 9.17) is 4.74 Å². The summed E-state index contributed by atoms with van der Waals surface area (Å²) in [5.74, 6) is 0.241. The quantitative estimate of drug-likeness (QED) is 0.859. The van der Waals surface area contributed by atoms with Gasteiger partial charge in [0.25, 0.3) is 0 Å². The lowest BCUT2D eigenvalue weighted by molar-refractivity contribution is -0.119. The zero-order valence-electron chi connectivity index (χ0n) is 10.6. The van der Waals surface area contributed by atoms with Gasteiger partial charge < -0.3 is 10.1 Å². The molecule has 0 bridgehead atoms. The number of ether oxygens (including phenoxy) is 1. The van der Waals surface area contributed by atoms with Crippen LogP contribution in [0.5, 0.6) is 0 Å². The number of carbonyl (C=O) groups is 2. The molecule has 2 aliphatic rings. The molecule has 1 aromatic carbocycles. The summed E-state index contributed by atoms with van der Waals surface area (Å²) in [5.41, 5.74) is 2.38. The van der Waals surface area contributed by atoms with Gasteiger partial charge in [-0.1, -0.05) is 12.8 Å². The summed E-state index contributed by atoms with van der Waals surface area (Å²) < 4.78 is 4.90. The highest BCUT2D eigenvalue weighted by atomic mass is 16.5. The average molecular weight is 260 g/mol. The lowest BCUT2D eigenvalue weighted by Gasteiger charge is -2.18. The van der Waals surface area contributed by atoms with E-state index >= 15 is 0 Å².